The minimum atomic E-state index is 1.06. The Morgan fingerprint density at radius 3 is 2.47 bits per heavy atom. The normalized spacial score (nSPS) is 12.8. The van der Waals surface area contributed by atoms with Crippen LogP contribution in [0.15, 0.2) is 52.9 Å². The highest BCUT2D eigenvalue weighted by Gasteiger charge is 1.93. The van der Waals surface area contributed by atoms with Crippen LogP contribution in [0.1, 0.15) is 0 Å². The van der Waals surface area contributed by atoms with Crippen LogP contribution in [0.3, 0.4) is 0 Å². The molecule has 0 bridgehead atoms. The molecule has 0 aromatic heterocycles. The van der Waals surface area contributed by atoms with Crippen molar-refractivity contribution in [1.82, 2.24) is 0 Å². The third kappa shape index (κ3) is 1.47. The smallest absolute Gasteiger partial charge is 0.0795 e. The molecule has 2 aromatic rings. The molecule has 0 radical (unpaired) electrons. The lowest BCUT2D eigenvalue weighted by Gasteiger charge is -1.89. The van der Waals surface area contributed by atoms with Crippen LogP contribution in [-0.2, 0) is 0 Å². The lowest BCUT2D eigenvalue weighted by Crippen LogP contribution is -2.06. The summed E-state index contributed by atoms with van der Waals surface area (Å²) in [5, 5.41) is 6.88. The van der Waals surface area contributed by atoms with Crippen LogP contribution in [0.4, 0.5) is 0 Å². The Morgan fingerprint density at radius 1 is 0.800 bits per heavy atom. The third-order valence-corrected chi connectivity index (χ3v) is 3.15. The van der Waals surface area contributed by atoms with Gasteiger partial charge >= 0.3 is 0 Å². The van der Waals surface area contributed by atoms with Crippen LogP contribution in [0.2, 0.25) is 0 Å². The molecule has 72 valence electrons. The summed E-state index contributed by atoms with van der Waals surface area (Å²) in [5.41, 5.74) is 0. The Morgan fingerprint density at radius 2 is 1.53 bits per heavy atom. The molecule has 15 heavy (non-hydrogen) atoms. The highest BCUT2D eigenvalue weighted by Crippen LogP contribution is 2.04. The van der Waals surface area contributed by atoms with Crippen molar-refractivity contribution in [3.8, 4) is 0 Å². The van der Waals surface area contributed by atoms with Crippen molar-refractivity contribution in [1.29, 1.82) is 0 Å². The minimum absolute atomic E-state index is 1.06. The lowest BCUT2D eigenvalue weighted by atomic mass is 10.2. The maximum atomic E-state index is 4.46. The Bertz CT molecular complexity index is 642. The zero-order chi connectivity index (χ0) is 10.1. The fourth-order valence-corrected chi connectivity index (χ4v) is 2.41. The van der Waals surface area contributed by atoms with E-state index < -0.39 is 0 Å². The summed E-state index contributed by atoms with van der Waals surface area (Å²) in [5.74, 6) is 0. The van der Waals surface area contributed by atoms with Crippen molar-refractivity contribution >= 4 is 17.4 Å². The standard InChI is InChI=1S/C13H9NS/c1-2-6-11-10(5-1)9-15-14-13-8-4-3-7-12(11)13/h1-9H. The molecule has 0 fully saturated rings. The molecular formula is C13H9NS. The van der Waals surface area contributed by atoms with Crippen LogP contribution in [0.25, 0.3) is 5.41 Å². The number of rotatable bonds is 0. The maximum Gasteiger partial charge on any atom is 0.0795 e. The largest absolute Gasteiger partial charge is 0.211 e. The molecule has 0 atom stereocenters. The predicted octanol–water partition coefficient (Wildman–Crippen LogP) is 1.99. The molecule has 1 nitrogen and oxygen atoms in total. The van der Waals surface area contributed by atoms with E-state index in [2.05, 4.69) is 52.3 Å². The van der Waals surface area contributed by atoms with Gasteiger partial charge in [0.1, 0.15) is 0 Å². The van der Waals surface area contributed by atoms with Gasteiger partial charge in [-0.15, -0.1) is 0 Å². The summed E-state index contributed by atoms with van der Waals surface area (Å²) in [6.45, 7) is 0. The Kier molecular flexibility index (Phi) is 2.07. The first-order chi connectivity index (χ1) is 7.45. The third-order valence-electron chi connectivity index (χ3n) is 2.49. The maximum absolute atomic E-state index is 4.46. The molecule has 0 N–H and O–H groups in total. The molecule has 2 aromatic carbocycles. The summed E-state index contributed by atoms with van der Waals surface area (Å²) in [7, 11) is 0. The van der Waals surface area contributed by atoms with Gasteiger partial charge in [-0.25, -0.2) is 4.40 Å². The molecule has 1 aliphatic rings. The average Bonchev–Trinajstić information content (AvgIpc) is 2.48. The lowest BCUT2D eigenvalue weighted by molar-refractivity contribution is 1.35. The first-order valence-corrected chi connectivity index (χ1v) is 5.67. The molecule has 3 rings (SSSR count). The van der Waals surface area contributed by atoms with Crippen LogP contribution in [0.5, 0.6) is 0 Å². The SMILES string of the molecule is C1=c2ccccc2=c2ccccc2=NS1. The van der Waals surface area contributed by atoms with Crippen molar-refractivity contribution in [2.45, 2.75) is 0 Å². The second-order valence-electron chi connectivity index (χ2n) is 3.42. The van der Waals surface area contributed by atoms with Crippen molar-refractivity contribution in [3.63, 3.8) is 0 Å². The molecule has 0 saturated carbocycles. The molecule has 0 aliphatic carbocycles. The van der Waals surface area contributed by atoms with Gasteiger partial charge in [0.25, 0.3) is 0 Å². The zero-order valence-electron chi connectivity index (χ0n) is 8.05. The first kappa shape index (κ1) is 8.74. The van der Waals surface area contributed by atoms with Crippen LogP contribution < -0.4 is 10.6 Å². The molecule has 2 heteroatoms. The van der Waals surface area contributed by atoms with E-state index in [9.17, 15) is 0 Å². The second kappa shape index (κ2) is 3.55. The van der Waals surface area contributed by atoms with Crippen molar-refractivity contribution in [3.05, 3.63) is 69.5 Å². The van der Waals surface area contributed by atoms with Gasteiger partial charge in [0.05, 0.1) is 5.36 Å². The van der Waals surface area contributed by atoms with E-state index in [0.29, 0.717) is 0 Å². The number of hydrogen-bond donors (Lipinski definition) is 0. The van der Waals surface area contributed by atoms with Gasteiger partial charge in [-0.05, 0) is 16.5 Å². The predicted molar refractivity (Wildman–Crippen MR) is 63.4 cm³/mol. The van der Waals surface area contributed by atoms with E-state index in [4.69, 9.17) is 0 Å². The fraction of sp³-hybridized carbons (Fsp3) is 0. The number of fused-ring (bicyclic) bond motifs is 2. The fourth-order valence-electron chi connectivity index (χ4n) is 1.77. The van der Waals surface area contributed by atoms with Crippen LogP contribution >= 0.6 is 11.9 Å². The summed E-state index contributed by atoms with van der Waals surface area (Å²) in [6.07, 6.45) is 0. The summed E-state index contributed by atoms with van der Waals surface area (Å²) in [4.78, 5) is 0. The number of hydrogen-bond acceptors (Lipinski definition) is 2. The van der Waals surface area contributed by atoms with E-state index in [1.807, 2.05) is 6.07 Å². The molecule has 0 spiro atoms. The van der Waals surface area contributed by atoms with Crippen LogP contribution in [0, 0.1) is 10.4 Å². The highest BCUT2D eigenvalue weighted by molar-refractivity contribution is 8.05. The molecule has 1 aliphatic heterocycles. The van der Waals surface area contributed by atoms with Gasteiger partial charge in [0.15, 0.2) is 0 Å². The first-order valence-electron chi connectivity index (χ1n) is 4.84. The molecule has 0 unspecified atom stereocenters. The second-order valence-corrected chi connectivity index (χ2v) is 4.05. The molecular weight excluding hydrogens is 202 g/mol. The highest BCUT2D eigenvalue weighted by atomic mass is 32.2. The Balaban J connectivity index is 2.73. The zero-order valence-corrected chi connectivity index (χ0v) is 8.87. The van der Waals surface area contributed by atoms with Gasteiger partial charge in [0, 0.05) is 22.6 Å². The summed E-state index contributed by atoms with van der Waals surface area (Å²) >= 11 is 1.50. The molecule has 0 amide bonds. The van der Waals surface area contributed by atoms with Crippen molar-refractivity contribution in [2.75, 3.05) is 0 Å². The van der Waals surface area contributed by atoms with Gasteiger partial charge in [-0.2, -0.15) is 0 Å². The minimum Gasteiger partial charge on any atom is -0.211 e. The van der Waals surface area contributed by atoms with Gasteiger partial charge in [-0.1, -0.05) is 42.5 Å². The number of nitrogens with zero attached hydrogens (tertiary/aromatic N) is 1. The van der Waals surface area contributed by atoms with Gasteiger partial charge in [-0.3, -0.25) is 0 Å². The molecule has 1 heterocycles. The van der Waals surface area contributed by atoms with Crippen molar-refractivity contribution < 1.29 is 0 Å². The van der Waals surface area contributed by atoms with Crippen molar-refractivity contribution in [2.24, 2.45) is 4.40 Å². The summed E-state index contributed by atoms with van der Waals surface area (Å²) < 4.78 is 4.46. The van der Waals surface area contributed by atoms with E-state index in [1.165, 1.54) is 27.6 Å². The van der Waals surface area contributed by atoms with E-state index >= 15 is 0 Å². The van der Waals surface area contributed by atoms with Gasteiger partial charge in [0.2, 0.25) is 0 Å². The Labute approximate surface area is 91.6 Å². The monoisotopic (exact) mass is 211 g/mol. The van der Waals surface area contributed by atoms with E-state index in [1.54, 1.807) is 0 Å². The topological polar surface area (TPSA) is 12.4 Å². The van der Waals surface area contributed by atoms with Gasteiger partial charge < -0.3 is 0 Å². The average molecular weight is 211 g/mol. The number of benzene rings is 2. The van der Waals surface area contributed by atoms with Crippen LogP contribution in [-0.4, -0.2) is 0 Å². The van der Waals surface area contributed by atoms with E-state index in [0.717, 1.165) is 5.36 Å². The summed E-state index contributed by atoms with van der Waals surface area (Å²) in [6, 6.07) is 16.7. The Hall–Kier alpha value is -1.54. The quantitative estimate of drug-likeness (QED) is 0.607. The van der Waals surface area contributed by atoms with E-state index in [-0.39, 0.29) is 0 Å². The molecule has 0 saturated heterocycles.